The number of hydrogen-bond acceptors (Lipinski definition) is 4. The van der Waals surface area contributed by atoms with Gasteiger partial charge in [-0.05, 0) is 30.5 Å². The van der Waals surface area contributed by atoms with Crippen molar-refractivity contribution < 1.29 is 19.1 Å². The molecule has 5 nitrogen and oxygen atoms in total. The Morgan fingerprint density at radius 3 is 2.13 bits per heavy atom. The van der Waals surface area contributed by atoms with Gasteiger partial charge < -0.3 is 10.1 Å². The molecule has 158 valence electrons. The maximum absolute atomic E-state index is 12.9. The minimum Gasteiger partial charge on any atom is -0.452 e. The van der Waals surface area contributed by atoms with E-state index in [-0.39, 0.29) is 22.8 Å². The van der Waals surface area contributed by atoms with E-state index in [9.17, 15) is 14.4 Å². The van der Waals surface area contributed by atoms with Crippen LogP contribution in [-0.4, -0.2) is 24.3 Å². The Labute approximate surface area is 182 Å². The molecule has 0 aromatic heterocycles. The van der Waals surface area contributed by atoms with Crippen LogP contribution in [0.25, 0.3) is 0 Å². The van der Waals surface area contributed by atoms with Gasteiger partial charge in [-0.1, -0.05) is 80.1 Å². The summed E-state index contributed by atoms with van der Waals surface area (Å²) in [6.45, 7) is 5.56. The largest absolute Gasteiger partial charge is 0.452 e. The van der Waals surface area contributed by atoms with Crippen molar-refractivity contribution in [1.29, 1.82) is 0 Å². The molecule has 0 radical (unpaired) electrons. The van der Waals surface area contributed by atoms with Gasteiger partial charge >= 0.3 is 5.97 Å². The average Bonchev–Trinajstić information content (AvgIpc) is 2.77. The van der Waals surface area contributed by atoms with E-state index in [1.807, 2.05) is 57.2 Å². The second-order valence-electron chi connectivity index (χ2n) is 7.61. The summed E-state index contributed by atoms with van der Waals surface area (Å²) >= 11 is 0. The number of amides is 1. The summed E-state index contributed by atoms with van der Waals surface area (Å²) in [5.74, 6) is -1.20. The molecule has 0 bridgehead atoms. The Balaban J connectivity index is 1.70. The number of nitrogens with one attached hydrogen (secondary N) is 1. The third-order valence-corrected chi connectivity index (χ3v) is 4.90. The Morgan fingerprint density at radius 2 is 1.45 bits per heavy atom. The number of benzene rings is 3. The van der Waals surface area contributed by atoms with Crippen LogP contribution in [0.3, 0.4) is 0 Å². The summed E-state index contributed by atoms with van der Waals surface area (Å²) in [6.07, 6.45) is 0. The third-order valence-electron chi connectivity index (χ3n) is 4.90. The quantitative estimate of drug-likeness (QED) is 0.428. The maximum Gasteiger partial charge on any atom is 0.339 e. The highest BCUT2D eigenvalue weighted by molar-refractivity contribution is 6.14. The Bertz CT molecular complexity index is 1100. The number of rotatable bonds is 7. The van der Waals surface area contributed by atoms with Crippen LogP contribution in [0.1, 0.15) is 57.2 Å². The first kappa shape index (κ1) is 22.0. The highest BCUT2D eigenvalue weighted by Gasteiger charge is 2.20. The normalized spacial score (nSPS) is 10.6. The lowest BCUT2D eigenvalue weighted by molar-refractivity contribution is -0.119. The molecule has 1 amide bonds. The number of esters is 1. The Hall–Kier alpha value is -3.73. The SMILES string of the molecule is Cc1ccc(C(=O)c2ccccc2C(=O)OCC(=O)Nc2ccccc2C(C)C)cc1. The molecule has 0 aliphatic rings. The second-order valence-corrected chi connectivity index (χ2v) is 7.61. The fourth-order valence-electron chi connectivity index (χ4n) is 3.23. The van der Waals surface area contributed by atoms with E-state index in [0.29, 0.717) is 11.3 Å². The van der Waals surface area contributed by atoms with Crippen LogP contribution >= 0.6 is 0 Å². The Kier molecular flexibility index (Phi) is 6.98. The first-order valence-corrected chi connectivity index (χ1v) is 10.1. The lowest BCUT2D eigenvalue weighted by Crippen LogP contribution is -2.22. The summed E-state index contributed by atoms with van der Waals surface area (Å²) in [4.78, 5) is 37.8. The molecule has 0 fully saturated rings. The van der Waals surface area contributed by atoms with E-state index in [1.165, 1.54) is 6.07 Å². The van der Waals surface area contributed by atoms with Crippen LogP contribution in [0.5, 0.6) is 0 Å². The van der Waals surface area contributed by atoms with E-state index in [1.54, 1.807) is 30.3 Å². The van der Waals surface area contributed by atoms with E-state index in [0.717, 1.165) is 11.1 Å². The number of hydrogen-bond donors (Lipinski definition) is 1. The minimum atomic E-state index is -0.719. The third kappa shape index (κ3) is 5.45. The molecule has 3 aromatic carbocycles. The van der Waals surface area contributed by atoms with Crippen molar-refractivity contribution in [3.63, 3.8) is 0 Å². The van der Waals surface area contributed by atoms with Gasteiger partial charge in [0, 0.05) is 16.8 Å². The van der Waals surface area contributed by atoms with Crippen molar-refractivity contribution in [2.24, 2.45) is 0 Å². The molecule has 0 unspecified atom stereocenters. The average molecular weight is 415 g/mol. The summed E-state index contributed by atoms with van der Waals surface area (Å²) in [5.41, 5.74) is 3.57. The molecule has 0 saturated carbocycles. The molecule has 0 saturated heterocycles. The summed E-state index contributed by atoms with van der Waals surface area (Å²) in [7, 11) is 0. The first-order valence-electron chi connectivity index (χ1n) is 10.1. The zero-order valence-electron chi connectivity index (χ0n) is 17.8. The Morgan fingerprint density at radius 1 is 0.839 bits per heavy atom. The molecule has 0 heterocycles. The van der Waals surface area contributed by atoms with E-state index < -0.39 is 18.5 Å². The van der Waals surface area contributed by atoms with Gasteiger partial charge in [0.25, 0.3) is 5.91 Å². The predicted octanol–water partition coefficient (Wildman–Crippen LogP) is 5.14. The molecule has 0 aliphatic heterocycles. The van der Waals surface area contributed by atoms with Crippen molar-refractivity contribution >= 4 is 23.3 Å². The predicted molar refractivity (Wildman–Crippen MR) is 120 cm³/mol. The molecule has 0 aliphatic carbocycles. The molecular formula is C26H25NO4. The number of para-hydroxylation sites is 1. The van der Waals surface area contributed by atoms with Gasteiger partial charge in [0.1, 0.15) is 0 Å². The highest BCUT2D eigenvalue weighted by Crippen LogP contribution is 2.23. The van der Waals surface area contributed by atoms with Gasteiger partial charge in [0.05, 0.1) is 5.56 Å². The number of ether oxygens (including phenoxy) is 1. The molecule has 1 N–H and O–H groups in total. The van der Waals surface area contributed by atoms with Gasteiger partial charge in [0.2, 0.25) is 0 Å². The van der Waals surface area contributed by atoms with Crippen molar-refractivity contribution in [3.8, 4) is 0 Å². The lowest BCUT2D eigenvalue weighted by Gasteiger charge is -2.14. The van der Waals surface area contributed by atoms with Crippen molar-refractivity contribution in [2.75, 3.05) is 11.9 Å². The van der Waals surface area contributed by atoms with Crippen LogP contribution in [0.4, 0.5) is 5.69 Å². The van der Waals surface area contributed by atoms with Gasteiger partial charge in [-0.25, -0.2) is 4.79 Å². The maximum atomic E-state index is 12.9. The smallest absolute Gasteiger partial charge is 0.339 e. The van der Waals surface area contributed by atoms with Gasteiger partial charge in [0.15, 0.2) is 12.4 Å². The van der Waals surface area contributed by atoms with Crippen LogP contribution < -0.4 is 5.32 Å². The van der Waals surface area contributed by atoms with Gasteiger partial charge in [-0.3, -0.25) is 9.59 Å². The van der Waals surface area contributed by atoms with Crippen molar-refractivity contribution in [2.45, 2.75) is 26.7 Å². The summed E-state index contributed by atoms with van der Waals surface area (Å²) in [6, 6.07) is 21.1. The molecule has 0 spiro atoms. The van der Waals surface area contributed by atoms with Crippen molar-refractivity contribution in [3.05, 3.63) is 101 Å². The number of carbonyl (C=O) groups excluding carboxylic acids is 3. The van der Waals surface area contributed by atoms with Crippen LogP contribution in [0.15, 0.2) is 72.8 Å². The molecular weight excluding hydrogens is 390 g/mol. The van der Waals surface area contributed by atoms with Gasteiger partial charge in [-0.2, -0.15) is 0 Å². The monoisotopic (exact) mass is 415 g/mol. The topological polar surface area (TPSA) is 72.5 Å². The van der Waals surface area contributed by atoms with E-state index in [4.69, 9.17) is 4.74 Å². The second kappa shape index (κ2) is 9.85. The number of ketones is 1. The fourth-order valence-corrected chi connectivity index (χ4v) is 3.23. The zero-order chi connectivity index (χ0) is 22.4. The molecule has 3 rings (SSSR count). The molecule has 31 heavy (non-hydrogen) atoms. The van der Waals surface area contributed by atoms with Crippen molar-refractivity contribution in [1.82, 2.24) is 0 Å². The summed E-state index contributed by atoms with van der Waals surface area (Å²) < 4.78 is 5.21. The zero-order valence-corrected chi connectivity index (χ0v) is 17.8. The number of aryl methyl sites for hydroxylation is 1. The number of carbonyl (C=O) groups is 3. The highest BCUT2D eigenvalue weighted by atomic mass is 16.5. The molecule has 5 heteroatoms. The van der Waals surface area contributed by atoms with Crippen LogP contribution in [0, 0.1) is 6.92 Å². The van der Waals surface area contributed by atoms with Crippen LogP contribution in [0.2, 0.25) is 0 Å². The molecule has 0 atom stereocenters. The minimum absolute atomic E-state index is 0.128. The van der Waals surface area contributed by atoms with E-state index >= 15 is 0 Å². The fraction of sp³-hybridized carbons (Fsp3) is 0.192. The standard InChI is InChI=1S/C26H25NO4/c1-17(2)20-8-6-7-11-23(20)27-24(28)16-31-26(30)22-10-5-4-9-21(22)25(29)19-14-12-18(3)13-15-19/h4-15,17H,16H2,1-3H3,(H,27,28). The van der Waals surface area contributed by atoms with Gasteiger partial charge in [-0.15, -0.1) is 0 Å². The lowest BCUT2D eigenvalue weighted by atomic mass is 9.98. The number of anilines is 1. The molecule has 3 aromatic rings. The van der Waals surface area contributed by atoms with E-state index in [2.05, 4.69) is 5.32 Å². The van der Waals surface area contributed by atoms with Crippen LogP contribution in [-0.2, 0) is 9.53 Å². The first-order chi connectivity index (χ1) is 14.9. The summed E-state index contributed by atoms with van der Waals surface area (Å²) in [5, 5.41) is 2.78.